The number of nitrogens with zero attached hydrogens (tertiary/aromatic N) is 3. The number of carbonyl (C=O) groups excluding carboxylic acids is 1. The molecule has 3 aromatic rings. The molecule has 5 nitrogen and oxygen atoms in total. The largest absolute Gasteiger partial charge is 0.497 e. The second-order valence-corrected chi connectivity index (χ2v) is 5.44. The molecule has 0 aliphatic heterocycles. The first-order valence-electron chi connectivity index (χ1n) is 7.31. The molecular formula is C17H15N3O2. The van der Waals surface area contributed by atoms with Crippen LogP contribution in [-0.2, 0) is 6.42 Å². The lowest BCUT2D eigenvalue weighted by Gasteiger charge is -2.13. The summed E-state index contributed by atoms with van der Waals surface area (Å²) in [7, 11) is 1.65. The minimum atomic E-state index is 0.161. The van der Waals surface area contributed by atoms with Gasteiger partial charge in [0.1, 0.15) is 5.75 Å². The first kappa shape index (κ1) is 13.0. The van der Waals surface area contributed by atoms with Gasteiger partial charge < -0.3 is 4.74 Å². The van der Waals surface area contributed by atoms with Gasteiger partial charge in [0, 0.05) is 18.2 Å². The van der Waals surface area contributed by atoms with Crippen LogP contribution in [0.4, 0.5) is 0 Å². The zero-order valence-electron chi connectivity index (χ0n) is 12.2. The van der Waals surface area contributed by atoms with Crippen molar-refractivity contribution in [2.75, 3.05) is 7.11 Å². The number of ether oxygens (including phenoxy) is 1. The molecule has 0 bridgehead atoms. The van der Waals surface area contributed by atoms with E-state index < -0.39 is 0 Å². The zero-order valence-corrected chi connectivity index (χ0v) is 12.2. The average Bonchev–Trinajstić information content (AvgIpc) is 2.96. The van der Waals surface area contributed by atoms with Gasteiger partial charge >= 0.3 is 0 Å². The maximum atomic E-state index is 12.0. The predicted octanol–water partition coefficient (Wildman–Crippen LogP) is 2.92. The Balaban J connectivity index is 1.90. The van der Waals surface area contributed by atoms with Gasteiger partial charge in [-0.05, 0) is 30.5 Å². The highest BCUT2D eigenvalue weighted by atomic mass is 16.5. The number of Topliss-reactive ketones (excluding diaryl/α,β-unsaturated/α-hetero) is 1. The van der Waals surface area contributed by atoms with Crippen molar-refractivity contribution in [3.63, 3.8) is 0 Å². The number of hydrogen-bond donors (Lipinski definition) is 0. The summed E-state index contributed by atoms with van der Waals surface area (Å²) in [6, 6.07) is 7.82. The van der Waals surface area contributed by atoms with Gasteiger partial charge in [-0.25, -0.2) is 9.50 Å². The predicted molar refractivity (Wildman–Crippen MR) is 82.2 cm³/mol. The maximum Gasteiger partial charge on any atom is 0.166 e. The van der Waals surface area contributed by atoms with Crippen LogP contribution in [-0.4, -0.2) is 27.5 Å². The third-order valence-corrected chi connectivity index (χ3v) is 4.07. The summed E-state index contributed by atoms with van der Waals surface area (Å²) in [6.07, 6.45) is 5.91. The van der Waals surface area contributed by atoms with E-state index in [0.29, 0.717) is 12.0 Å². The van der Waals surface area contributed by atoms with Crippen LogP contribution in [0.15, 0.2) is 36.7 Å². The monoisotopic (exact) mass is 293 g/mol. The van der Waals surface area contributed by atoms with Gasteiger partial charge in [0.2, 0.25) is 0 Å². The number of rotatable bonds is 2. The molecule has 2 aromatic heterocycles. The Labute approximate surface area is 127 Å². The van der Waals surface area contributed by atoms with E-state index in [0.717, 1.165) is 41.1 Å². The normalized spacial score (nSPS) is 14.1. The lowest BCUT2D eigenvalue weighted by molar-refractivity contribution is 0.0971. The molecule has 2 heterocycles. The molecule has 0 N–H and O–H groups in total. The third-order valence-electron chi connectivity index (χ3n) is 4.07. The van der Waals surface area contributed by atoms with Gasteiger partial charge in [-0.1, -0.05) is 12.1 Å². The molecule has 4 rings (SSSR count). The van der Waals surface area contributed by atoms with E-state index in [1.54, 1.807) is 17.8 Å². The van der Waals surface area contributed by atoms with Crippen LogP contribution in [0, 0.1) is 0 Å². The Morgan fingerprint density at radius 3 is 3.00 bits per heavy atom. The van der Waals surface area contributed by atoms with Crippen molar-refractivity contribution in [2.45, 2.75) is 19.3 Å². The third kappa shape index (κ3) is 1.97. The van der Waals surface area contributed by atoms with Crippen molar-refractivity contribution < 1.29 is 9.53 Å². The minimum Gasteiger partial charge on any atom is -0.497 e. The Morgan fingerprint density at radius 2 is 2.14 bits per heavy atom. The Bertz CT molecular complexity index is 883. The summed E-state index contributed by atoms with van der Waals surface area (Å²) >= 11 is 0. The molecule has 0 spiro atoms. The molecule has 0 amide bonds. The number of aryl methyl sites for hydroxylation is 1. The summed E-state index contributed by atoms with van der Waals surface area (Å²) in [6.45, 7) is 0. The number of methoxy groups -OCH3 is 1. The van der Waals surface area contributed by atoms with Crippen LogP contribution in [0.25, 0.3) is 16.8 Å². The molecule has 0 radical (unpaired) electrons. The number of aromatic nitrogens is 3. The maximum absolute atomic E-state index is 12.0. The Morgan fingerprint density at radius 1 is 1.23 bits per heavy atom. The quantitative estimate of drug-likeness (QED) is 0.729. The molecule has 0 saturated carbocycles. The highest BCUT2D eigenvalue weighted by molar-refractivity contribution is 5.98. The molecular weight excluding hydrogens is 278 g/mol. The van der Waals surface area contributed by atoms with Gasteiger partial charge in [0.05, 0.1) is 24.6 Å². The van der Waals surface area contributed by atoms with Crippen LogP contribution in [0.2, 0.25) is 0 Å². The van der Waals surface area contributed by atoms with Crippen LogP contribution in [0.3, 0.4) is 0 Å². The van der Waals surface area contributed by atoms with Crippen molar-refractivity contribution in [1.29, 1.82) is 0 Å². The molecule has 1 aliphatic rings. The number of ketones is 1. The second kappa shape index (κ2) is 4.94. The molecule has 0 unspecified atom stereocenters. The first-order chi connectivity index (χ1) is 10.8. The van der Waals surface area contributed by atoms with Gasteiger partial charge in [0.15, 0.2) is 11.4 Å². The molecule has 5 heteroatoms. The topological polar surface area (TPSA) is 56.5 Å². The summed E-state index contributed by atoms with van der Waals surface area (Å²) in [5, 5.41) is 4.35. The number of carbonyl (C=O) groups is 1. The van der Waals surface area contributed by atoms with Crippen LogP contribution in [0.1, 0.15) is 28.9 Å². The molecule has 22 heavy (non-hydrogen) atoms. The molecule has 1 aliphatic carbocycles. The zero-order chi connectivity index (χ0) is 15.1. The fourth-order valence-electron chi connectivity index (χ4n) is 2.92. The first-order valence-corrected chi connectivity index (χ1v) is 7.31. The van der Waals surface area contributed by atoms with Crippen LogP contribution in [0.5, 0.6) is 5.75 Å². The second-order valence-electron chi connectivity index (χ2n) is 5.44. The smallest absolute Gasteiger partial charge is 0.166 e. The molecule has 0 fully saturated rings. The molecule has 1 aromatic carbocycles. The van der Waals surface area contributed by atoms with E-state index in [2.05, 4.69) is 5.10 Å². The van der Waals surface area contributed by atoms with Crippen LogP contribution < -0.4 is 4.74 Å². The fraction of sp³-hybridized carbons (Fsp3) is 0.235. The lowest BCUT2D eigenvalue weighted by atomic mass is 9.96. The van der Waals surface area contributed by atoms with E-state index in [9.17, 15) is 4.79 Å². The SMILES string of the molecule is COc1cccc(-c2cnn3cc4c(nc23)CCCC4=O)c1. The number of benzene rings is 1. The molecule has 110 valence electrons. The van der Waals surface area contributed by atoms with Gasteiger partial charge in [-0.15, -0.1) is 0 Å². The van der Waals surface area contributed by atoms with Crippen molar-refractivity contribution in [3.8, 4) is 16.9 Å². The fourth-order valence-corrected chi connectivity index (χ4v) is 2.92. The average molecular weight is 293 g/mol. The van der Waals surface area contributed by atoms with Crippen molar-refractivity contribution in [3.05, 3.63) is 47.9 Å². The van der Waals surface area contributed by atoms with Crippen molar-refractivity contribution >= 4 is 11.4 Å². The molecule has 0 saturated heterocycles. The van der Waals surface area contributed by atoms with E-state index in [4.69, 9.17) is 9.72 Å². The summed E-state index contributed by atoms with van der Waals surface area (Å²) in [5.74, 6) is 0.957. The Hall–Kier alpha value is -2.69. The van der Waals surface area contributed by atoms with E-state index in [1.165, 1.54) is 0 Å². The Kier molecular flexibility index (Phi) is 2.92. The van der Waals surface area contributed by atoms with Crippen molar-refractivity contribution in [2.24, 2.45) is 0 Å². The van der Waals surface area contributed by atoms with Gasteiger partial charge in [-0.3, -0.25) is 4.79 Å². The lowest BCUT2D eigenvalue weighted by Crippen LogP contribution is -2.14. The van der Waals surface area contributed by atoms with Crippen molar-refractivity contribution in [1.82, 2.24) is 14.6 Å². The van der Waals surface area contributed by atoms with E-state index in [1.807, 2.05) is 30.5 Å². The summed E-state index contributed by atoms with van der Waals surface area (Å²) < 4.78 is 6.97. The van der Waals surface area contributed by atoms with Gasteiger partial charge in [0.25, 0.3) is 0 Å². The minimum absolute atomic E-state index is 0.161. The van der Waals surface area contributed by atoms with Gasteiger partial charge in [-0.2, -0.15) is 5.10 Å². The standard InChI is InChI=1S/C17H15N3O2/c1-22-12-5-2-4-11(8-12)13-9-18-20-10-14-15(19-17(13)20)6-3-7-16(14)21/h2,4-5,8-10H,3,6-7H2,1H3. The van der Waals surface area contributed by atoms with E-state index >= 15 is 0 Å². The highest BCUT2D eigenvalue weighted by Crippen LogP contribution is 2.28. The summed E-state index contributed by atoms with van der Waals surface area (Å²) in [4.78, 5) is 16.7. The molecule has 0 atom stereocenters. The number of hydrogen-bond acceptors (Lipinski definition) is 4. The number of fused-ring (bicyclic) bond motifs is 2. The highest BCUT2D eigenvalue weighted by Gasteiger charge is 2.21. The van der Waals surface area contributed by atoms with E-state index in [-0.39, 0.29) is 5.78 Å². The van der Waals surface area contributed by atoms with Crippen LogP contribution >= 0.6 is 0 Å². The summed E-state index contributed by atoms with van der Waals surface area (Å²) in [5.41, 5.74) is 4.32.